The van der Waals surface area contributed by atoms with Crippen molar-refractivity contribution in [3.05, 3.63) is 23.0 Å². The third-order valence-corrected chi connectivity index (χ3v) is 3.39. The molecule has 1 fully saturated rings. The Morgan fingerprint density at radius 1 is 1.40 bits per heavy atom. The van der Waals surface area contributed by atoms with Crippen LogP contribution in [0, 0.1) is 0 Å². The Kier molecular flexibility index (Phi) is 3.05. The zero-order valence-electron chi connectivity index (χ0n) is 10.5. The Bertz CT molecular complexity index is 681. The zero-order chi connectivity index (χ0) is 14.4. The molecule has 3 rings (SSSR count). The molecule has 0 aliphatic carbocycles. The minimum atomic E-state index is -1.26. The second-order valence-corrected chi connectivity index (χ2v) is 4.77. The van der Waals surface area contributed by atoms with Crippen molar-refractivity contribution in [3.8, 4) is 0 Å². The molecule has 0 saturated carbocycles. The highest BCUT2D eigenvalue weighted by molar-refractivity contribution is 5.68. The van der Waals surface area contributed by atoms with Crippen LogP contribution in [-0.2, 0) is 4.74 Å². The number of fused-ring (bicyclic) bond motifs is 1. The first-order valence-electron chi connectivity index (χ1n) is 6.10. The highest BCUT2D eigenvalue weighted by Crippen LogP contribution is 2.32. The van der Waals surface area contributed by atoms with Crippen molar-refractivity contribution in [2.45, 2.75) is 37.6 Å². The number of aromatic amines is 1. The number of rotatable bonds is 2. The molecule has 0 bridgehead atoms. The van der Waals surface area contributed by atoms with Gasteiger partial charge in [0.2, 0.25) is 0 Å². The Labute approximate surface area is 112 Å². The first-order valence-corrected chi connectivity index (χ1v) is 6.10. The molecule has 9 heteroatoms. The fourth-order valence-corrected chi connectivity index (χ4v) is 2.36. The van der Waals surface area contributed by atoms with Gasteiger partial charge in [-0.1, -0.05) is 0 Å². The molecule has 0 spiro atoms. The summed E-state index contributed by atoms with van der Waals surface area (Å²) >= 11 is 0. The molecule has 1 unspecified atom stereocenters. The third-order valence-electron chi connectivity index (χ3n) is 3.39. The fourth-order valence-electron chi connectivity index (χ4n) is 2.36. The molecule has 0 amide bonds. The van der Waals surface area contributed by atoms with Crippen molar-refractivity contribution < 1.29 is 20.1 Å². The topological polar surface area (TPSA) is 133 Å². The molecule has 2 aromatic heterocycles. The molecule has 9 nitrogen and oxygen atoms in total. The lowest BCUT2D eigenvalue weighted by Crippen LogP contribution is -2.37. The van der Waals surface area contributed by atoms with Crippen LogP contribution < -0.4 is 5.56 Å². The molecular weight excluding hydrogens is 268 g/mol. The predicted molar refractivity (Wildman–Crippen MR) is 65.8 cm³/mol. The van der Waals surface area contributed by atoms with Crippen LogP contribution in [0.2, 0.25) is 0 Å². The van der Waals surface area contributed by atoms with Crippen molar-refractivity contribution in [3.63, 3.8) is 0 Å². The molecule has 0 aromatic carbocycles. The molecule has 2 aromatic rings. The van der Waals surface area contributed by atoms with E-state index in [-0.39, 0.29) is 11.2 Å². The third kappa shape index (κ3) is 1.83. The van der Waals surface area contributed by atoms with Crippen LogP contribution >= 0.6 is 0 Å². The van der Waals surface area contributed by atoms with Crippen LogP contribution in [0.15, 0.2) is 17.4 Å². The molecule has 108 valence electrons. The maximum Gasteiger partial charge on any atom is 0.278 e. The monoisotopic (exact) mass is 282 g/mol. The molecule has 1 aliphatic heterocycles. The molecule has 20 heavy (non-hydrogen) atoms. The van der Waals surface area contributed by atoms with Crippen LogP contribution in [0.4, 0.5) is 0 Å². The highest BCUT2D eigenvalue weighted by atomic mass is 16.6. The van der Waals surface area contributed by atoms with Crippen LogP contribution in [0.1, 0.15) is 13.2 Å². The second kappa shape index (κ2) is 4.63. The quantitative estimate of drug-likeness (QED) is 0.506. The standard InChI is InChI=1S/C11H14N4O5/c1-4(16)8-6(17)7(18)11(20-8)15-3-14-5-9(15)12-2-13-10(5)19/h2-4,6-8,11,16-18H,1H3,(H,12,13,19)/t4-,6+,7-,8?,11-/m1/s1. The van der Waals surface area contributed by atoms with Gasteiger partial charge in [0.1, 0.15) is 18.3 Å². The predicted octanol–water partition coefficient (Wildman–Crippen LogP) is -1.88. The Morgan fingerprint density at radius 3 is 2.80 bits per heavy atom. The van der Waals surface area contributed by atoms with Crippen LogP contribution in [0.25, 0.3) is 11.2 Å². The molecule has 3 heterocycles. The van der Waals surface area contributed by atoms with E-state index >= 15 is 0 Å². The van der Waals surface area contributed by atoms with E-state index in [1.54, 1.807) is 0 Å². The number of nitrogens with zero attached hydrogens (tertiary/aromatic N) is 3. The summed E-state index contributed by atoms with van der Waals surface area (Å²) in [6, 6.07) is 0. The SMILES string of the molecule is C[C@@H](O)C1O[C@@H](n2cnc3c(=O)[nH]cnc32)[C@H](O)[C@@H]1O. The highest BCUT2D eigenvalue weighted by Gasteiger charge is 2.46. The van der Waals surface area contributed by atoms with E-state index in [4.69, 9.17) is 4.74 Å². The maximum absolute atomic E-state index is 11.6. The van der Waals surface area contributed by atoms with Gasteiger partial charge in [-0.05, 0) is 6.92 Å². The van der Waals surface area contributed by atoms with Gasteiger partial charge in [-0.15, -0.1) is 0 Å². The first-order chi connectivity index (χ1) is 9.50. The fraction of sp³-hybridized carbons (Fsp3) is 0.545. The molecular formula is C11H14N4O5. The normalized spacial score (nSPS) is 31.8. The van der Waals surface area contributed by atoms with Crippen molar-refractivity contribution in [2.75, 3.05) is 0 Å². The largest absolute Gasteiger partial charge is 0.391 e. The average molecular weight is 282 g/mol. The minimum absolute atomic E-state index is 0.110. The van der Waals surface area contributed by atoms with Crippen LogP contribution in [0.5, 0.6) is 0 Å². The number of hydrogen-bond donors (Lipinski definition) is 4. The van der Waals surface area contributed by atoms with Crippen molar-refractivity contribution in [1.29, 1.82) is 0 Å². The summed E-state index contributed by atoms with van der Waals surface area (Å²) in [7, 11) is 0. The number of aromatic nitrogens is 4. The van der Waals surface area contributed by atoms with Gasteiger partial charge in [0, 0.05) is 0 Å². The summed E-state index contributed by atoms with van der Waals surface area (Å²) in [5.74, 6) is 0. The summed E-state index contributed by atoms with van der Waals surface area (Å²) in [5, 5.41) is 29.4. The zero-order valence-corrected chi connectivity index (χ0v) is 10.5. The summed E-state index contributed by atoms with van der Waals surface area (Å²) in [6.45, 7) is 1.46. The minimum Gasteiger partial charge on any atom is -0.391 e. The van der Waals surface area contributed by atoms with E-state index in [2.05, 4.69) is 15.0 Å². The summed E-state index contributed by atoms with van der Waals surface area (Å²) in [6.07, 6.45) is -2.81. The van der Waals surface area contributed by atoms with Gasteiger partial charge in [-0.25, -0.2) is 9.97 Å². The van der Waals surface area contributed by atoms with Gasteiger partial charge in [0.15, 0.2) is 17.4 Å². The number of ether oxygens (including phenoxy) is 1. The molecule has 4 N–H and O–H groups in total. The Morgan fingerprint density at radius 2 is 2.15 bits per heavy atom. The Hall–Kier alpha value is -1.81. The summed E-state index contributed by atoms with van der Waals surface area (Å²) in [4.78, 5) is 21.9. The lowest BCUT2D eigenvalue weighted by molar-refractivity contribution is -0.0777. The molecule has 1 aliphatic rings. The lowest BCUT2D eigenvalue weighted by atomic mass is 10.1. The van der Waals surface area contributed by atoms with Gasteiger partial charge >= 0.3 is 0 Å². The first kappa shape index (κ1) is 13.2. The van der Waals surface area contributed by atoms with E-state index in [1.807, 2.05) is 0 Å². The molecule has 0 radical (unpaired) electrons. The number of imidazole rings is 1. The average Bonchev–Trinajstić information content (AvgIpc) is 2.94. The van der Waals surface area contributed by atoms with Gasteiger partial charge < -0.3 is 25.0 Å². The number of aliphatic hydroxyl groups is 3. The van der Waals surface area contributed by atoms with Gasteiger partial charge in [-0.2, -0.15) is 0 Å². The van der Waals surface area contributed by atoms with E-state index in [9.17, 15) is 20.1 Å². The van der Waals surface area contributed by atoms with E-state index < -0.39 is 36.2 Å². The van der Waals surface area contributed by atoms with E-state index in [0.717, 1.165) is 0 Å². The van der Waals surface area contributed by atoms with Crippen molar-refractivity contribution >= 4 is 11.2 Å². The maximum atomic E-state index is 11.6. The smallest absolute Gasteiger partial charge is 0.278 e. The van der Waals surface area contributed by atoms with Crippen LogP contribution in [-0.4, -0.2) is 59.3 Å². The van der Waals surface area contributed by atoms with Gasteiger partial charge in [0.25, 0.3) is 5.56 Å². The molecule has 5 atom stereocenters. The molecule has 1 saturated heterocycles. The number of aliphatic hydroxyl groups excluding tert-OH is 3. The second-order valence-electron chi connectivity index (χ2n) is 4.77. The summed E-state index contributed by atoms with van der Waals surface area (Å²) < 4.78 is 6.82. The van der Waals surface area contributed by atoms with E-state index in [0.29, 0.717) is 0 Å². The number of nitrogens with one attached hydrogen (secondary N) is 1. The van der Waals surface area contributed by atoms with Gasteiger partial charge in [-0.3, -0.25) is 9.36 Å². The van der Waals surface area contributed by atoms with Crippen molar-refractivity contribution in [1.82, 2.24) is 19.5 Å². The Balaban J connectivity index is 2.04. The van der Waals surface area contributed by atoms with E-state index in [1.165, 1.54) is 24.1 Å². The summed E-state index contributed by atoms with van der Waals surface area (Å²) in [5.41, 5.74) is -0.0663. The number of hydrogen-bond acceptors (Lipinski definition) is 7. The number of H-pyrrole nitrogens is 1. The van der Waals surface area contributed by atoms with Crippen molar-refractivity contribution in [2.24, 2.45) is 0 Å². The van der Waals surface area contributed by atoms with Gasteiger partial charge in [0.05, 0.1) is 18.8 Å². The lowest BCUT2D eigenvalue weighted by Gasteiger charge is -2.17. The van der Waals surface area contributed by atoms with Crippen LogP contribution in [0.3, 0.4) is 0 Å².